The minimum atomic E-state index is -0.486. The van der Waals surface area contributed by atoms with Gasteiger partial charge in [0.15, 0.2) is 0 Å². The Kier molecular flexibility index (Phi) is 6.06. The number of nitrogens with zero attached hydrogens (tertiary/aromatic N) is 4. The van der Waals surface area contributed by atoms with Crippen LogP contribution in [0.3, 0.4) is 0 Å². The van der Waals surface area contributed by atoms with E-state index in [1.807, 2.05) is 22.9 Å². The van der Waals surface area contributed by atoms with Crippen LogP contribution in [-0.4, -0.2) is 50.6 Å². The molecule has 1 fully saturated rings. The lowest BCUT2D eigenvalue weighted by atomic mass is 10.1. The number of hydrogen-bond donors (Lipinski definition) is 1. The number of carbonyl (C=O) groups excluding carboxylic acids is 2. The lowest BCUT2D eigenvalue weighted by Crippen LogP contribution is -2.46. The van der Waals surface area contributed by atoms with Crippen LogP contribution in [0.5, 0.6) is 0 Å². The zero-order valence-electron chi connectivity index (χ0n) is 17.3. The summed E-state index contributed by atoms with van der Waals surface area (Å²) in [4.78, 5) is 30.2. The van der Waals surface area contributed by atoms with Gasteiger partial charge in [0.2, 0.25) is 11.8 Å². The summed E-state index contributed by atoms with van der Waals surface area (Å²) in [7, 11) is 0. The van der Waals surface area contributed by atoms with Gasteiger partial charge in [-0.1, -0.05) is 0 Å². The van der Waals surface area contributed by atoms with Crippen molar-refractivity contribution in [1.29, 1.82) is 0 Å². The number of pyridine rings is 1. The van der Waals surface area contributed by atoms with E-state index in [2.05, 4.69) is 15.4 Å². The summed E-state index contributed by atoms with van der Waals surface area (Å²) in [5.74, 6) is -0.453. The van der Waals surface area contributed by atoms with Crippen molar-refractivity contribution in [3.8, 4) is 22.5 Å². The number of benzene rings is 1. The summed E-state index contributed by atoms with van der Waals surface area (Å²) in [6, 6.07) is 11.4. The molecule has 1 N–H and O–H groups in total. The summed E-state index contributed by atoms with van der Waals surface area (Å²) in [6.07, 6.45) is 4.75. The van der Waals surface area contributed by atoms with Crippen molar-refractivity contribution in [2.75, 3.05) is 13.1 Å². The SMILES string of the molecule is CC(C(=O)NCCn1nc(-c2ccc(F)cc2)cc1-c1cccnc1)N1CCCC1=O. The van der Waals surface area contributed by atoms with Gasteiger partial charge in [0.05, 0.1) is 17.9 Å². The smallest absolute Gasteiger partial charge is 0.242 e. The van der Waals surface area contributed by atoms with Gasteiger partial charge in [0.1, 0.15) is 11.9 Å². The molecule has 0 radical (unpaired) electrons. The number of amides is 2. The molecule has 0 aliphatic carbocycles. The largest absolute Gasteiger partial charge is 0.352 e. The van der Waals surface area contributed by atoms with Gasteiger partial charge in [0, 0.05) is 43.0 Å². The first-order valence-corrected chi connectivity index (χ1v) is 10.3. The topological polar surface area (TPSA) is 80.1 Å². The van der Waals surface area contributed by atoms with Gasteiger partial charge in [-0.2, -0.15) is 5.10 Å². The Bertz CT molecular complexity index is 1070. The summed E-state index contributed by atoms with van der Waals surface area (Å²) in [6.45, 7) is 3.18. The van der Waals surface area contributed by atoms with E-state index in [9.17, 15) is 14.0 Å². The fraction of sp³-hybridized carbons (Fsp3) is 0.304. The van der Waals surface area contributed by atoms with Crippen LogP contribution in [0.15, 0.2) is 54.9 Å². The highest BCUT2D eigenvalue weighted by molar-refractivity contribution is 5.88. The second-order valence-corrected chi connectivity index (χ2v) is 7.54. The zero-order valence-corrected chi connectivity index (χ0v) is 17.3. The minimum Gasteiger partial charge on any atom is -0.352 e. The molecule has 8 heteroatoms. The van der Waals surface area contributed by atoms with Crippen molar-refractivity contribution in [3.05, 3.63) is 60.7 Å². The summed E-state index contributed by atoms with van der Waals surface area (Å²) < 4.78 is 15.1. The fourth-order valence-corrected chi connectivity index (χ4v) is 3.75. The fourth-order valence-electron chi connectivity index (χ4n) is 3.75. The van der Waals surface area contributed by atoms with Crippen molar-refractivity contribution in [1.82, 2.24) is 25.0 Å². The van der Waals surface area contributed by atoms with Crippen LogP contribution in [0.4, 0.5) is 4.39 Å². The van der Waals surface area contributed by atoms with Crippen LogP contribution in [0.1, 0.15) is 19.8 Å². The second-order valence-electron chi connectivity index (χ2n) is 7.54. The molecule has 7 nitrogen and oxygen atoms in total. The predicted octanol–water partition coefficient (Wildman–Crippen LogP) is 2.88. The average Bonchev–Trinajstić information content (AvgIpc) is 3.40. The molecule has 31 heavy (non-hydrogen) atoms. The van der Waals surface area contributed by atoms with Crippen LogP contribution < -0.4 is 5.32 Å². The third-order valence-electron chi connectivity index (χ3n) is 5.46. The summed E-state index contributed by atoms with van der Waals surface area (Å²) >= 11 is 0. The number of likely N-dealkylation sites (tertiary alicyclic amines) is 1. The van der Waals surface area contributed by atoms with Gasteiger partial charge in [0.25, 0.3) is 0 Å². The quantitative estimate of drug-likeness (QED) is 0.636. The van der Waals surface area contributed by atoms with Crippen LogP contribution in [0.25, 0.3) is 22.5 Å². The average molecular weight is 421 g/mol. The molecule has 1 aromatic carbocycles. The van der Waals surface area contributed by atoms with Crippen molar-refractivity contribution < 1.29 is 14.0 Å². The number of rotatable bonds is 7. The summed E-state index contributed by atoms with van der Waals surface area (Å²) in [5.41, 5.74) is 3.26. The Morgan fingerprint density at radius 3 is 2.71 bits per heavy atom. The van der Waals surface area contributed by atoms with Crippen molar-refractivity contribution in [2.24, 2.45) is 0 Å². The normalized spacial score (nSPS) is 14.6. The second kappa shape index (κ2) is 9.07. The lowest BCUT2D eigenvalue weighted by Gasteiger charge is -2.23. The molecule has 3 heterocycles. The molecule has 0 spiro atoms. The van der Waals surface area contributed by atoms with E-state index in [1.165, 1.54) is 12.1 Å². The van der Waals surface area contributed by atoms with Gasteiger partial charge < -0.3 is 10.2 Å². The van der Waals surface area contributed by atoms with Gasteiger partial charge in [-0.15, -0.1) is 0 Å². The minimum absolute atomic E-state index is 0.0255. The van der Waals surface area contributed by atoms with Crippen LogP contribution in [0.2, 0.25) is 0 Å². The molecule has 1 aliphatic heterocycles. The van der Waals surface area contributed by atoms with E-state index < -0.39 is 6.04 Å². The molecule has 4 rings (SSSR count). The molecule has 1 saturated heterocycles. The van der Waals surface area contributed by atoms with Crippen LogP contribution in [0, 0.1) is 5.82 Å². The Hall–Kier alpha value is -3.55. The molecule has 1 aliphatic rings. The van der Waals surface area contributed by atoms with Gasteiger partial charge in [-0.25, -0.2) is 4.39 Å². The van der Waals surface area contributed by atoms with E-state index >= 15 is 0 Å². The maximum atomic E-state index is 13.3. The Labute approximate surface area is 179 Å². The molecule has 3 aromatic rings. The van der Waals surface area contributed by atoms with Gasteiger partial charge in [-0.3, -0.25) is 19.3 Å². The van der Waals surface area contributed by atoms with Gasteiger partial charge in [-0.05, 0) is 55.8 Å². The van der Waals surface area contributed by atoms with Crippen LogP contribution >= 0.6 is 0 Å². The molecular weight excluding hydrogens is 397 g/mol. The Morgan fingerprint density at radius 1 is 1.23 bits per heavy atom. The third kappa shape index (κ3) is 4.63. The van der Waals surface area contributed by atoms with E-state index in [0.29, 0.717) is 31.7 Å². The first-order valence-electron chi connectivity index (χ1n) is 10.3. The molecule has 1 atom stereocenters. The number of hydrogen-bond acceptors (Lipinski definition) is 4. The maximum Gasteiger partial charge on any atom is 0.242 e. The summed E-state index contributed by atoms with van der Waals surface area (Å²) in [5, 5.41) is 7.57. The first-order chi connectivity index (χ1) is 15.0. The van der Waals surface area contributed by atoms with E-state index in [1.54, 1.807) is 36.4 Å². The van der Waals surface area contributed by atoms with Gasteiger partial charge >= 0.3 is 0 Å². The maximum absolute atomic E-state index is 13.3. The number of carbonyl (C=O) groups is 2. The highest BCUT2D eigenvalue weighted by atomic mass is 19.1. The monoisotopic (exact) mass is 421 g/mol. The zero-order chi connectivity index (χ0) is 21.8. The Balaban J connectivity index is 1.49. The number of aromatic nitrogens is 3. The van der Waals surface area contributed by atoms with Crippen LogP contribution in [-0.2, 0) is 16.1 Å². The highest BCUT2D eigenvalue weighted by Gasteiger charge is 2.29. The van der Waals surface area contributed by atoms with Crippen molar-refractivity contribution in [2.45, 2.75) is 32.4 Å². The van der Waals surface area contributed by atoms with E-state index in [0.717, 1.165) is 23.2 Å². The Morgan fingerprint density at radius 2 is 2.03 bits per heavy atom. The first kappa shape index (κ1) is 20.7. The lowest BCUT2D eigenvalue weighted by molar-refractivity contribution is -0.136. The molecule has 0 bridgehead atoms. The van der Waals surface area contributed by atoms with Crippen molar-refractivity contribution >= 4 is 11.8 Å². The van der Waals surface area contributed by atoms with E-state index in [4.69, 9.17) is 0 Å². The predicted molar refractivity (Wildman–Crippen MR) is 114 cm³/mol. The molecule has 0 saturated carbocycles. The van der Waals surface area contributed by atoms with E-state index in [-0.39, 0.29) is 17.6 Å². The molecular formula is C23H24FN5O2. The highest BCUT2D eigenvalue weighted by Crippen LogP contribution is 2.26. The molecule has 160 valence electrons. The standard InChI is InChI=1S/C23H24FN5O2/c1-16(28-12-3-5-22(28)30)23(31)26-11-13-29-21(18-4-2-10-25-15-18)14-20(27-29)17-6-8-19(24)9-7-17/h2,4,6-10,14-16H,3,5,11-13H2,1H3,(H,26,31). The molecule has 1 unspecified atom stereocenters. The molecule has 2 amide bonds. The molecule has 2 aromatic heterocycles. The number of nitrogens with one attached hydrogen (secondary N) is 1. The number of halogens is 1. The third-order valence-corrected chi connectivity index (χ3v) is 5.46. The van der Waals surface area contributed by atoms with Crippen molar-refractivity contribution in [3.63, 3.8) is 0 Å².